The minimum absolute atomic E-state index is 0.0364. The number of aryl methyl sites for hydroxylation is 1. The molecule has 0 bridgehead atoms. The van der Waals surface area contributed by atoms with Crippen LogP contribution in [0.3, 0.4) is 0 Å². The van der Waals surface area contributed by atoms with Crippen LogP contribution in [0.5, 0.6) is 0 Å². The Balaban J connectivity index is 1.60. The number of hydrogen-bond donors (Lipinski definition) is 2. The molecule has 0 unspecified atom stereocenters. The van der Waals surface area contributed by atoms with E-state index < -0.39 is 12.1 Å². The molecule has 0 aliphatic carbocycles. The summed E-state index contributed by atoms with van der Waals surface area (Å²) in [5, 5.41) is 28.6. The normalized spacial score (nSPS) is 19.3. The predicted octanol–water partition coefficient (Wildman–Crippen LogP) is 3.03. The summed E-state index contributed by atoms with van der Waals surface area (Å²) < 4.78 is 10.6. The molecule has 4 rings (SSSR count). The number of hydrogen-bond acceptors (Lipinski definition) is 7. The smallest absolute Gasteiger partial charge is 0.343 e. The molecule has 1 aliphatic heterocycles. The van der Waals surface area contributed by atoms with Gasteiger partial charge in [0.25, 0.3) is 0 Å². The predicted molar refractivity (Wildman–Crippen MR) is 101 cm³/mol. The number of carboxylic acid groups (broad SMARTS) is 1. The Morgan fingerprint density at radius 2 is 2.00 bits per heavy atom. The molecule has 0 saturated carbocycles. The minimum Gasteiger partial charge on any atom is -0.477 e. The molecule has 0 spiro atoms. The Morgan fingerprint density at radius 1 is 1.25 bits per heavy atom. The Bertz CT molecular complexity index is 997. The van der Waals surface area contributed by atoms with E-state index in [1.807, 2.05) is 13.0 Å². The maximum atomic E-state index is 11.9. The van der Waals surface area contributed by atoms with Crippen LogP contribution < -0.4 is 4.90 Å². The maximum Gasteiger partial charge on any atom is 0.343 e. The number of nitrogens with zero attached hydrogens (tertiary/aromatic N) is 3. The third kappa shape index (κ3) is 3.48. The number of halogens is 1. The summed E-state index contributed by atoms with van der Waals surface area (Å²) in [6.07, 6.45) is -0.147. The van der Waals surface area contributed by atoms with E-state index in [1.54, 1.807) is 29.2 Å². The average Bonchev–Trinajstić information content (AvgIpc) is 3.35. The molecule has 3 heterocycles. The van der Waals surface area contributed by atoms with E-state index in [4.69, 9.17) is 20.6 Å². The first kappa shape index (κ1) is 18.5. The van der Waals surface area contributed by atoms with E-state index in [0.717, 1.165) is 5.69 Å². The zero-order chi connectivity index (χ0) is 19.8. The number of benzene rings is 1. The van der Waals surface area contributed by atoms with Gasteiger partial charge >= 0.3 is 5.97 Å². The Morgan fingerprint density at radius 3 is 2.64 bits per heavy atom. The van der Waals surface area contributed by atoms with Crippen LogP contribution >= 0.6 is 11.6 Å². The second-order valence-corrected chi connectivity index (χ2v) is 7.33. The lowest BCUT2D eigenvalue weighted by Crippen LogP contribution is -2.23. The van der Waals surface area contributed by atoms with Crippen molar-refractivity contribution in [2.24, 2.45) is 5.92 Å². The molecule has 1 aromatic carbocycles. The molecule has 1 aliphatic rings. The maximum absolute atomic E-state index is 11.9. The zero-order valence-electron chi connectivity index (χ0n) is 15.0. The van der Waals surface area contributed by atoms with Gasteiger partial charge in [-0.2, -0.15) is 0 Å². The molecule has 8 nitrogen and oxygen atoms in total. The van der Waals surface area contributed by atoms with Crippen molar-refractivity contribution >= 4 is 23.4 Å². The fourth-order valence-electron chi connectivity index (χ4n) is 3.49. The number of carboxylic acids is 1. The van der Waals surface area contributed by atoms with Crippen molar-refractivity contribution in [3.8, 4) is 11.3 Å². The number of carbonyl (C=O) groups is 1. The van der Waals surface area contributed by atoms with Gasteiger partial charge in [-0.15, -0.1) is 0 Å². The van der Waals surface area contributed by atoms with Crippen LogP contribution in [-0.4, -0.2) is 45.7 Å². The average molecular weight is 404 g/mol. The SMILES string of the molecule is Cc1cc(C[C@@H]2CN(c3noc(-c4ccc(Cl)cc4)c3C(=O)O)C[C@@H]2O)on1. The highest BCUT2D eigenvalue weighted by Gasteiger charge is 2.37. The molecule has 0 radical (unpaired) electrons. The highest BCUT2D eigenvalue weighted by atomic mass is 35.5. The van der Waals surface area contributed by atoms with Crippen LogP contribution in [0.4, 0.5) is 5.82 Å². The standard InChI is InChI=1S/C19H18ClN3O5/c1-10-6-14(27-21-10)7-12-8-23(9-15(12)24)18-16(19(25)26)17(28-22-18)11-2-4-13(20)5-3-11/h2-6,12,15,24H,7-9H2,1H3,(H,25,26)/t12-,15+/m1/s1. The number of β-amino-alcohol motifs (C(OH)–C–C–N with tert-alkyl or cyclic N) is 1. The van der Waals surface area contributed by atoms with Gasteiger partial charge in [-0.1, -0.05) is 21.9 Å². The van der Waals surface area contributed by atoms with Crippen molar-refractivity contribution < 1.29 is 24.1 Å². The van der Waals surface area contributed by atoms with E-state index in [9.17, 15) is 15.0 Å². The van der Waals surface area contributed by atoms with Gasteiger partial charge in [0.2, 0.25) is 0 Å². The van der Waals surface area contributed by atoms with Crippen LogP contribution in [0.25, 0.3) is 11.3 Å². The topological polar surface area (TPSA) is 113 Å². The van der Waals surface area contributed by atoms with Gasteiger partial charge in [-0.05, 0) is 31.2 Å². The van der Waals surface area contributed by atoms with Crippen molar-refractivity contribution in [1.82, 2.24) is 10.3 Å². The first-order chi connectivity index (χ1) is 13.4. The molecule has 1 fully saturated rings. The van der Waals surface area contributed by atoms with E-state index in [1.165, 1.54) is 0 Å². The Kier molecular flexibility index (Phi) is 4.82. The van der Waals surface area contributed by atoms with Crippen molar-refractivity contribution in [3.63, 3.8) is 0 Å². The highest BCUT2D eigenvalue weighted by molar-refractivity contribution is 6.30. The quantitative estimate of drug-likeness (QED) is 0.668. The summed E-state index contributed by atoms with van der Waals surface area (Å²) in [4.78, 5) is 13.6. The third-order valence-corrected chi connectivity index (χ3v) is 5.09. The van der Waals surface area contributed by atoms with Gasteiger partial charge in [0.1, 0.15) is 5.76 Å². The molecule has 3 aromatic rings. The summed E-state index contributed by atoms with van der Waals surface area (Å²) in [5.41, 5.74) is 1.30. The lowest BCUT2D eigenvalue weighted by molar-refractivity contribution is 0.0697. The lowest BCUT2D eigenvalue weighted by atomic mass is 10.0. The summed E-state index contributed by atoms with van der Waals surface area (Å²) in [6, 6.07) is 8.48. The fourth-order valence-corrected chi connectivity index (χ4v) is 3.61. The zero-order valence-corrected chi connectivity index (χ0v) is 15.8. The number of aliphatic hydroxyl groups excluding tert-OH is 1. The van der Waals surface area contributed by atoms with Crippen molar-refractivity contribution in [2.75, 3.05) is 18.0 Å². The van der Waals surface area contributed by atoms with E-state index in [-0.39, 0.29) is 29.6 Å². The summed E-state index contributed by atoms with van der Waals surface area (Å²) in [6.45, 7) is 2.51. The summed E-state index contributed by atoms with van der Waals surface area (Å²) in [7, 11) is 0. The molecule has 1 saturated heterocycles. The van der Waals surface area contributed by atoms with E-state index in [2.05, 4.69) is 10.3 Å². The van der Waals surface area contributed by atoms with Gasteiger partial charge in [0.05, 0.1) is 11.8 Å². The van der Waals surface area contributed by atoms with Gasteiger partial charge in [-0.25, -0.2) is 4.79 Å². The molecule has 2 atom stereocenters. The van der Waals surface area contributed by atoms with Gasteiger partial charge in [0, 0.05) is 42.1 Å². The molecule has 0 amide bonds. The van der Waals surface area contributed by atoms with Crippen LogP contribution in [0, 0.1) is 12.8 Å². The summed E-state index contributed by atoms with van der Waals surface area (Å²) >= 11 is 5.90. The monoisotopic (exact) mass is 403 g/mol. The van der Waals surface area contributed by atoms with Gasteiger partial charge in [0.15, 0.2) is 17.1 Å². The molecule has 2 N–H and O–H groups in total. The van der Waals surface area contributed by atoms with Crippen LogP contribution in [-0.2, 0) is 6.42 Å². The number of aromatic nitrogens is 2. The van der Waals surface area contributed by atoms with Gasteiger partial charge < -0.3 is 24.2 Å². The van der Waals surface area contributed by atoms with Crippen molar-refractivity contribution in [3.05, 3.63) is 52.4 Å². The summed E-state index contributed by atoms with van der Waals surface area (Å²) in [5.74, 6) is -0.241. The number of aliphatic hydroxyl groups is 1. The first-order valence-corrected chi connectivity index (χ1v) is 9.14. The molecular formula is C19H18ClN3O5. The van der Waals surface area contributed by atoms with Crippen LogP contribution in [0.15, 0.2) is 39.4 Å². The van der Waals surface area contributed by atoms with E-state index in [0.29, 0.717) is 29.3 Å². The number of rotatable bonds is 5. The Labute approximate surface area is 165 Å². The third-order valence-electron chi connectivity index (χ3n) is 4.84. The fraction of sp³-hybridized carbons (Fsp3) is 0.316. The van der Waals surface area contributed by atoms with Crippen LogP contribution in [0.1, 0.15) is 21.8 Å². The minimum atomic E-state index is -1.15. The van der Waals surface area contributed by atoms with E-state index >= 15 is 0 Å². The molecule has 9 heteroatoms. The molecular weight excluding hydrogens is 386 g/mol. The number of aromatic carboxylic acids is 1. The Hall–Kier alpha value is -2.84. The number of anilines is 1. The first-order valence-electron chi connectivity index (χ1n) is 8.76. The van der Waals surface area contributed by atoms with Crippen LogP contribution in [0.2, 0.25) is 5.02 Å². The second kappa shape index (κ2) is 7.29. The molecule has 2 aromatic heterocycles. The highest BCUT2D eigenvalue weighted by Crippen LogP contribution is 2.35. The molecule has 146 valence electrons. The molecule has 28 heavy (non-hydrogen) atoms. The van der Waals surface area contributed by atoms with Crippen molar-refractivity contribution in [1.29, 1.82) is 0 Å². The lowest BCUT2D eigenvalue weighted by Gasteiger charge is -2.15. The largest absolute Gasteiger partial charge is 0.477 e. The second-order valence-electron chi connectivity index (χ2n) is 6.89. The van der Waals surface area contributed by atoms with Gasteiger partial charge in [-0.3, -0.25) is 0 Å². The van der Waals surface area contributed by atoms with Crippen molar-refractivity contribution in [2.45, 2.75) is 19.4 Å².